The lowest BCUT2D eigenvalue weighted by Crippen LogP contribution is -2.48. The first-order valence-electron chi connectivity index (χ1n) is 2.96. The molecule has 0 spiro atoms. The predicted octanol–water partition coefficient (Wildman–Crippen LogP) is 0.0258. The fraction of sp³-hybridized carbons (Fsp3) is 1.00. The van der Waals surface area contributed by atoms with Gasteiger partial charge in [-0.2, -0.15) is 0 Å². The van der Waals surface area contributed by atoms with Crippen molar-refractivity contribution < 1.29 is 5.11 Å². The normalized spacial score (nSPS) is 17.3. The minimum absolute atomic E-state index is 0.141. The maximum Gasteiger partial charge on any atom is 0.119 e. The fourth-order valence-corrected chi connectivity index (χ4v) is 0.658. The Morgan fingerprint density at radius 2 is 2.33 bits per heavy atom. The summed E-state index contributed by atoms with van der Waals surface area (Å²) < 4.78 is -0.347. The standard InChI is InChI=1S/C5H13IN2O/c1-2-5(6,7)8-3-4-9/h8-9H,2-4,7H2,1H3. The molecule has 0 aliphatic carbocycles. The Bertz CT molecular complexity index is 77.4. The van der Waals surface area contributed by atoms with Crippen LogP contribution in [0, 0.1) is 0 Å². The molecule has 0 aromatic carbocycles. The summed E-state index contributed by atoms with van der Waals surface area (Å²) in [5.74, 6) is 0. The van der Waals surface area contributed by atoms with E-state index in [4.69, 9.17) is 10.8 Å². The number of alkyl halides is 1. The average Bonchev–Trinajstić information content (AvgIpc) is 1.84. The van der Waals surface area contributed by atoms with Gasteiger partial charge in [-0.05, 0) is 29.0 Å². The summed E-state index contributed by atoms with van der Waals surface area (Å²) in [7, 11) is 0. The fourth-order valence-electron chi connectivity index (χ4n) is 0.389. The van der Waals surface area contributed by atoms with Crippen LogP contribution in [0.3, 0.4) is 0 Å². The molecule has 0 bridgehead atoms. The Morgan fingerprint density at radius 1 is 1.78 bits per heavy atom. The zero-order valence-electron chi connectivity index (χ0n) is 5.52. The van der Waals surface area contributed by atoms with Crippen LogP contribution >= 0.6 is 22.6 Å². The lowest BCUT2D eigenvalue weighted by molar-refractivity contribution is 0.281. The predicted molar refractivity (Wildman–Crippen MR) is 46.3 cm³/mol. The molecule has 0 aromatic heterocycles. The first kappa shape index (κ1) is 9.61. The van der Waals surface area contributed by atoms with E-state index in [0.29, 0.717) is 6.54 Å². The third kappa shape index (κ3) is 5.07. The molecule has 0 heterocycles. The highest BCUT2D eigenvalue weighted by molar-refractivity contribution is 14.1. The zero-order valence-corrected chi connectivity index (χ0v) is 7.68. The van der Waals surface area contributed by atoms with Gasteiger partial charge in [0.05, 0.1) is 6.61 Å². The molecule has 0 radical (unpaired) electrons. The van der Waals surface area contributed by atoms with Gasteiger partial charge < -0.3 is 10.8 Å². The Hall–Kier alpha value is 0.610. The van der Waals surface area contributed by atoms with Crippen LogP contribution in [-0.2, 0) is 0 Å². The maximum absolute atomic E-state index is 8.40. The third-order valence-electron chi connectivity index (χ3n) is 1.05. The molecule has 0 amide bonds. The van der Waals surface area contributed by atoms with Gasteiger partial charge in [0.15, 0.2) is 0 Å². The number of halogens is 1. The summed E-state index contributed by atoms with van der Waals surface area (Å²) in [5, 5.41) is 11.4. The van der Waals surface area contributed by atoms with Gasteiger partial charge in [0, 0.05) is 6.54 Å². The molecule has 1 atom stereocenters. The van der Waals surface area contributed by atoms with E-state index in [1.54, 1.807) is 0 Å². The van der Waals surface area contributed by atoms with Crippen LogP contribution in [-0.4, -0.2) is 21.9 Å². The lowest BCUT2D eigenvalue weighted by atomic mass is 10.4. The number of rotatable bonds is 4. The summed E-state index contributed by atoms with van der Waals surface area (Å²) in [5.41, 5.74) is 5.67. The van der Waals surface area contributed by atoms with Gasteiger partial charge in [0.25, 0.3) is 0 Å². The zero-order chi connectivity index (χ0) is 7.33. The molecule has 0 aliphatic rings. The van der Waals surface area contributed by atoms with Crippen LogP contribution < -0.4 is 11.1 Å². The molecular weight excluding hydrogens is 231 g/mol. The first-order chi connectivity index (χ1) is 4.12. The van der Waals surface area contributed by atoms with Crippen LogP contribution in [0.15, 0.2) is 0 Å². The number of aliphatic hydroxyl groups excluding tert-OH is 1. The monoisotopic (exact) mass is 244 g/mol. The summed E-state index contributed by atoms with van der Waals surface area (Å²) in [4.78, 5) is 0. The molecule has 0 aliphatic heterocycles. The summed E-state index contributed by atoms with van der Waals surface area (Å²) in [6.07, 6.45) is 0.855. The van der Waals surface area contributed by atoms with Gasteiger partial charge in [-0.15, -0.1) is 0 Å². The second-order valence-corrected chi connectivity index (χ2v) is 3.79. The van der Waals surface area contributed by atoms with Crippen molar-refractivity contribution in [2.24, 2.45) is 5.73 Å². The average molecular weight is 244 g/mol. The van der Waals surface area contributed by atoms with E-state index in [2.05, 4.69) is 27.9 Å². The second kappa shape index (κ2) is 4.43. The van der Waals surface area contributed by atoms with Crippen molar-refractivity contribution in [1.29, 1.82) is 0 Å². The molecule has 0 fully saturated rings. The molecule has 56 valence electrons. The van der Waals surface area contributed by atoms with E-state index in [0.717, 1.165) is 6.42 Å². The number of nitrogens with two attached hydrogens (primary N) is 1. The van der Waals surface area contributed by atoms with E-state index in [9.17, 15) is 0 Å². The molecular formula is C5H13IN2O. The van der Waals surface area contributed by atoms with Crippen LogP contribution in [0.5, 0.6) is 0 Å². The van der Waals surface area contributed by atoms with Crippen LogP contribution in [0.25, 0.3) is 0 Å². The van der Waals surface area contributed by atoms with E-state index < -0.39 is 0 Å². The second-order valence-electron chi connectivity index (χ2n) is 1.87. The summed E-state index contributed by atoms with van der Waals surface area (Å²) in [6.45, 7) is 2.70. The van der Waals surface area contributed by atoms with Crippen molar-refractivity contribution in [3.05, 3.63) is 0 Å². The lowest BCUT2D eigenvalue weighted by Gasteiger charge is -2.21. The third-order valence-corrected chi connectivity index (χ3v) is 2.19. The molecule has 0 aromatic rings. The molecule has 0 saturated carbocycles. The summed E-state index contributed by atoms with van der Waals surface area (Å²) in [6, 6.07) is 0. The van der Waals surface area contributed by atoms with Gasteiger partial charge in [-0.1, -0.05) is 6.92 Å². The van der Waals surface area contributed by atoms with Crippen molar-refractivity contribution in [2.45, 2.75) is 17.0 Å². The van der Waals surface area contributed by atoms with Gasteiger partial charge >= 0.3 is 0 Å². The quantitative estimate of drug-likeness (QED) is 0.283. The molecule has 9 heavy (non-hydrogen) atoms. The topological polar surface area (TPSA) is 58.3 Å². The Labute approximate surface area is 69.1 Å². The molecule has 0 saturated heterocycles. The first-order valence-corrected chi connectivity index (χ1v) is 4.04. The van der Waals surface area contributed by atoms with Gasteiger partial charge in [-0.25, -0.2) is 0 Å². The van der Waals surface area contributed by atoms with Gasteiger partial charge in [0.2, 0.25) is 0 Å². The Kier molecular flexibility index (Phi) is 4.73. The smallest absolute Gasteiger partial charge is 0.119 e. The minimum Gasteiger partial charge on any atom is -0.395 e. The number of aliphatic hydroxyl groups is 1. The van der Waals surface area contributed by atoms with E-state index in [1.165, 1.54) is 0 Å². The molecule has 4 heteroatoms. The van der Waals surface area contributed by atoms with Crippen LogP contribution in [0.1, 0.15) is 13.3 Å². The van der Waals surface area contributed by atoms with Gasteiger partial charge in [0.1, 0.15) is 3.67 Å². The highest BCUT2D eigenvalue weighted by atomic mass is 127. The maximum atomic E-state index is 8.40. The highest BCUT2D eigenvalue weighted by Gasteiger charge is 2.14. The molecule has 4 N–H and O–H groups in total. The van der Waals surface area contributed by atoms with Crippen molar-refractivity contribution in [1.82, 2.24) is 5.32 Å². The van der Waals surface area contributed by atoms with Crippen molar-refractivity contribution in [2.75, 3.05) is 13.2 Å². The minimum atomic E-state index is -0.347. The highest BCUT2D eigenvalue weighted by Crippen LogP contribution is 2.09. The number of nitrogens with one attached hydrogen (secondary N) is 1. The number of hydrogen-bond acceptors (Lipinski definition) is 3. The van der Waals surface area contributed by atoms with E-state index in [1.807, 2.05) is 6.92 Å². The number of hydrogen-bond donors (Lipinski definition) is 3. The van der Waals surface area contributed by atoms with E-state index >= 15 is 0 Å². The SMILES string of the molecule is CCC(N)(I)NCCO. The van der Waals surface area contributed by atoms with Crippen molar-refractivity contribution >= 4 is 22.6 Å². The Balaban J connectivity index is 3.33. The molecule has 3 nitrogen and oxygen atoms in total. The van der Waals surface area contributed by atoms with Crippen LogP contribution in [0.4, 0.5) is 0 Å². The summed E-state index contributed by atoms with van der Waals surface area (Å²) >= 11 is 2.12. The Morgan fingerprint density at radius 3 is 2.67 bits per heavy atom. The van der Waals surface area contributed by atoms with Crippen molar-refractivity contribution in [3.8, 4) is 0 Å². The molecule has 1 unspecified atom stereocenters. The van der Waals surface area contributed by atoms with Crippen LogP contribution in [0.2, 0.25) is 0 Å². The van der Waals surface area contributed by atoms with E-state index in [-0.39, 0.29) is 10.3 Å². The van der Waals surface area contributed by atoms with Gasteiger partial charge in [-0.3, -0.25) is 5.32 Å². The molecule has 0 rings (SSSR count). The van der Waals surface area contributed by atoms with Crippen molar-refractivity contribution in [3.63, 3.8) is 0 Å². The largest absolute Gasteiger partial charge is 0.395 e.